The van der Waals surface area contributed by atoms with Crippen molar-refractivity contribution < 1.29 is 4.79 Å². The van der Waals surface area contributed by atoms with Crippen molar-refractivity contribution in [2.24, 2.45) is 0 Å². The number of aryl methyl sites for hydroxylation is 1. The summed E-state index contributed by atoms with van der Waals surface area (Å²) >= 11 is 5.90. The van der Waals surface area contributed by atoms with Crippen molar-refractivity contribution >= 4 is 34.2 Å². The van der Waals surface area contributed by atoms with Crippen molar-refractivity contribution in [2.45, 2.75) is 6.92 Å². The van der Waals surface area contributed by atoms with Gasteiger partial charge in [-0.3, -0.25) is 9.78 Å². The molecule has 1 N–H and O–H groups in total. The monoisotopic (exact) mass is 297 g/mol. The van der Waals surface area contributed by atoms with Gasteiger partial charge in [-0.1, -0.05) is 29.8 Å². The summed E-state index contributed by atoms with van der Waals surface area (Å²) < 4.78 is 0. The molecule has 1 heterocycles. The maximum Gasteiger partial charge on any atom is 0.275 e. The first-order chi connectivity index (χ1) is 10.1. The second-order valence-corrected chi connectivity index (χ2v) is 5.09. The van der Waals surface area contributed by atoms with E-state index in [0.29, 0.717) is 16.1 Å². The number of nitrogens with zero attached hydrogens (tertiary/aromatic N) is 2. The number of halogens is 1. The van der Waals surface area contributed by atoms with Crippen molar-refractivity contribution in [3.05, 3.63) is 64.9 Å². The Bertz CT molecular complexity index is 833. The topological polar surface area (TPSA) is 54.9 Å². The van der Waals surface area contributed by atoms with E-state index in [2.05, 4.69) is 15.3 Å². The van der Waals surface area contributed by atoms with Crippen LogP contribution in [0.4, 0.5) is 5.69 Å². The molecule has 0 fully saturated rings. The van der Waals surface area contributed by atoms with E-state index in [1.54, 1.807) is 18.2 Å². The zero-order valence-corrected chi connectivity index (χ0v) is 12.1. The van der Waals surface area contributed by atoms with Crippen LogP contribution < -0.4 is 5.32 Å². The fourth-order valence-corrected chi connectivity index (χ4v) is 2.16. The lowest BCUT2D eigenvalue weighted by atomic mass is 10.2. The average Bonchev–Trinajstić information content (AvgIpc) is 2.49. The fraction of sp³-hybridized carbons (Fsp3) is 0.0625. The van der Waals surface area contributed by atoms with Crippen LogP contribution in [0.2, 0.25) is 5.02 Å². The zero-order chi connectivity index (χ0) is 14.8. The highest BCUT2D eigenvalue weighted by Gasteiger charge is 2.10. The second kappa shape index (κ2) is 5.50. The minimum atomic E-state index is -0.284. The molecule has 0 atom stereocenters. The van der Waals surface area contributed by atoms with Crippen molar-refractivity contribution in [2.75, 3.05) is 5.32 Å². The number of hydrogen-bond donors (Lipinski definition) is 1. The van der Waals surface area contributed by atoms with Crippen LogP contribution in [-0.2, 0) is 0 Å². The van der Waals surface area contributed by atoms with Gasteiger partial charge >= 0.3 is 0 Å². The minimum absolute atomic E-state index is 0.271. The number of anilines is 1. The third-order valence-corrected chi connectivity index (χ3v) is 3.37. The molecule has 0 radical (unpaired) electrons. The van der Waals surface area contributed by atoms with Gasteiger partial charge in [0.1, 0.15) is 5.69 Å². The number of hydrogen-bond acceptors (Lipinski definition) is 3. The Balaban J connectivity index is 1.91. The predicted octanol–water partition coefficient (Wildman–Crippen LogP) is 3.84. The van der Waals surface area contributed by atoms with Gasteiger partial charge < -0.3 is 5.32 Å². The summed E-state index contributed by atoms with van der Waals surface area (Å²) in [6.45, 7) is 1.93. The third kappa shape index (κ3) is 2.85. The van der Waals surface area contributed by atoms with Crippen LogP contribution in [0.1, 0.15) is 16.1 Å². The summed E-state index contributed by atoms with van der Waals surface area (Å²) in [7, 11) is 0. The molecule has 0 aliphatic rings. The van der Waals surface area contributed by atoms with E-state index < -0.39 is 0 Å². The molecule has 3 rings (SSSR count). The molecule has 0 unspecified atom stereocenters. The molecule has 4 nitrogen and oxygen atoms in total. The van der Waals surface area contributed by atoms with Gasteiger partial charge in [0, 0.05) is 10.7 Å². The molecule has 3 aromatic rings. The van der Waals surface area contributed by atoms with E-state index in [1.807, 2.05) is 31.2 Å². The van der Waals surface area contributed by atoms with Crippen molar-refractivity contribution in [1.29, 1.82) is 0 Å². The maximum atomic E-state index is 12.2. The molecule has 0 spiro atoms. The normalized spacial score (nSPS) is 10.6. The maximum absolute atomic E-state index is 12.2. The van der Waals surface area contributed by atoms with Gasteiger partial charge in [-0.25, -0.2) is 4.98 Å². The van der Waals surface area contributed by atoms with E-state index in [1.165, 1.54) is 6.20 Å². The Kier molecular flexibility index (Phi) is 3.54. The fourth-order valence-electron chi connectivity index (χ4n) is 1.99. The zero-order valence-electron chi connectivity index (χ0n) is 11.3. The van der Waals surface area contributed by atoms with Crippen LogP contribution in [0, 0.1) is 6.92 Å². The lowest BCUT2D eigenvalue weighted by Crippen LogP contribution is -2.14. The van der Waals surface area contributed by atoms with Gasteiger partial charge in [0.2, 0.25) is 0 Å². The third-order valence-electron chi connectivity index (χ3n) is 3.13. The quantitative estimate of drug-likeness (QED) is 0.782. The first-order valence-corrected chi connectivity index (χ1v) is 6.80. The minimum Gasteiger partial charge on any atom is -0.320 e. The van der Waals surface area contributed by atoms with Gasteiger partial charge in [0.15, 0.2) is 0 Å². The molecule has 0 aliphatic carbocycles. The Morgan fingerprint density at radius 2 is 1.95 bits per heavy atom. The largest absolute Gasteiger partial charge is 0.320 e. The van der Waals surface area contributed by atoms with Gasteiger partial charge in [-0.05, 0) is 36.8 Å². The molecule has 1 aromatic heterocycles. The highest BCUT2D eigenvalue weighted by Crippen LogP contribution is 2.17. The number of rotatable bonds is 2. The molecule has 104 valence electrons. The van der Waals surface area contributed by atoms with Crippen LogP contribution in [0.15, 0.2) is 48.7 Å². The molecular formula is C16H12ClN3O. The predicted molar refractivity (Wildman–Crippen MR) is 83.7 cm³/mol. The number of para-hydroxylation sites is 1. The van der Waals surface area contributed by atoms with E-state index >= 15 is 0 Å². The van der Waals surface area contributed by atoms with Crippen LogP contribution in [0.3, 0.4) is 0 Å². The summed E-state index contributed by atoms with van der Waals surface area (Å²) in [6, 6.07) is 12.8. The molecule has 0 aliphatic heterocycles. The summed E-state index contributed by atoms with van der Waals surface area (Å²) in [6.07, 6.45) is 1.45. The highest BCUT2D eigenvalue weighted by atomic mass is 35.5. The average molecular weight is 298 g/mol. The molecule has 5 heteroatoms. The first kappa shape index (κ1) is 13.5. The van der Waals surface area contributed by atoms with E-state index in [0.717, 1.165) is 11.3 Å². The number of aromatic nitrogens is 2. The summed E-state index contributed by atoms with van der Waals surface area (Å²) in [4.78, 5) is 20.8. The first-order valence-electron chi connectivity index (χ1n) is 6.43. The Morgan fingerprint density at radius 3 is 2.76 bits per heavy atom. The van der Waals surface area contributed by atoms with Crippen LogP contribution in [-0.4, -0.2) is 15.9 Å². The standard InChI is InChI=1S/C16H12ClN3O/c1-10-4-2-3-5-12(10)20-16(21)15-9-18-14-8-11(17)6-7-13(14)19-15/h2-9H,1H3,(H,20,21). The SMILES string of the molecule is Cc1ccccc1NC(=O)c1cnc2cc(Cl)ccc2n1. The molecular weight excluding hydrogens is 286 g/mol. The molecule has 0 bridgehead atoms. The number of amides is 1. The number of nitrogens with one attached hydrogen (secondary N) is 1. The molecule has 0 saturated heterocycles. The smallest absolute Gasteiger partial charge is 0.275 e. The number of carbonyl (C=O) groups is 1. The van der Waals surface area contributed by atoms with E-state index in [4.69, 9.17) is 11.6 Å². The lowest BCUT2D eigenvalue weighted by Gasteiger charge is -2.07. The summed E-state index contributed by atoms with van der Waals surface area (Å²) in [5.74, 6) is -0.284. The molecule has 2 aromatic carbocycles. The van der Waals surface area contributed by atoms with Crippen LogP contribution in [0.25, 0.3) is 11.0 Å². The Hall–Kier alpha value is -2.46. The number of carbonyl (C=O) groups excluding carboxylic acids is 1. The number of benzene rings is 2. The van der Waals surface area contributed by atoms with E-state index in [9.17, 15) is 4.79 Å². The van der Waals surface area contributed by atoms with Gasteiger partial charge in [-0.2, -0.15) is 0 Å². The van der Waals surface area contributed by atoms with E-state index in [-0.39, 0.29) is 11.6 Å². The number of fused-ring (bicyclic) bond motifs is 1. The second-order valence-electron chi connectivity index (χ2n) is 4.66. The molecule has 1 amide bonds. The van der Waals surface area contributed by atoms with Gasteiger partial charge in [-0.15, -0.1) is 0 Å². The van der Waals surface area contributed by atoms with Crippen molar-refractivity contribution in [1.82, 2.24) is 9.97 Å². The highest BCUT2D eigenvalue weighted by molar-refractivity contribution is 6.31. The Labute approximate surface area is 126 Å². The Morgan fingerprint density at radius 1 is 1.14 bits per heavy atom. The summed E-state index contributed by atoms with van der Waals surface area (Å²) in [5.41, 5.74) is 3.33. The summed E-state index contributed by atoms with van der Waals surface area (Å²) in [5, 5.41) is 3.43. The van der Waals surface area contributed by atoms with Crippen molar-refractivity contribution in [3.8, 4) is 0 Å². The van der Waals surface area contributed by atoms with Crippen LogP contribution in [0.5, 0.6) is 0 Å². The van der Waals surface area contributed by atoms with Crippen LogP contribution >= 0.6 is 11.6 Å². The van der Waals surface area contributed by atoms with Gasteiger partial charge in [0.25, 0.3) is 5.91 Å². The van der Waals surface area contributed by atoms with Crippen molar-refractivity contribution in [3.63, 3.8) is 0 Å². The lowest BCUT2D eigenvalue weighted by molar-refractivity contribution is 0.102. The molecule has 21 heavy (non-hydrogen) atoms. The van der Waals surface area contributed by atoms with Gasteiger partial charge in [0.05, 0.1) is 17.2 Å². The molecule has 0 saturated carbocycles.